The lowest BCUT2D eigenvalue weighted by Crippen LogP contribution is -2.40. The molecule has 0 heterocycles. The first-order chi connectivity index (χ1) is 9.52. The first-order valence-electron chi connectivity index (χ1n) is 7.36. The second-order valence-electron chi connectivity index (χ2n) is 5.91. The highest BCUT2D eigenvalue weighted by Gasteiger charge is 2.42. The van der Waals surface area contributed by atoms with Gasteiger partial charge in [-0.3, -0.25) is 0 Å². The second kappa shape index (κ2) is 6.19. The molecule has 1 aromatic carbocycles. The molecule has 0 bridgehead atoms. The Kier molecular flexibility index (Phi) is 4.76. The SMILES string of the molecule is CCC1(C(O)C(CN)c2cc(F)cc(F)c2)CCCC1. The van der Waals surface area contributed by atoms with Crippen LogP contribution in [-0.4, -0.2) is 17.8 Å². The van der Waals surface area contributed by atoms with E-state index in [9.17, 15) is 13.9 Å². The summed E-state index contributed by atoms with van der Waals surface area (Å²) in [6, 6.07) is 3.40. The van der Waals surface area contributed by atoms with E-state index in [1.165, 1.54) is 12.1 Å². The Labute approximate surface area is 119 Å². The summed E-state index contributed by atoms with van der Waals surface area (Å²) in [7, 11) is 0. The summed E-state index contributed by atoms with van der Waals surface area (Å²) in [4.78, 5) is 0. The monoisotopic (exact) mass is 283 g/mol. The Morgan fingerprint density at radius 3 is 2.20 bits per heavy atom. The molecule has 2 nitrogen and oxygen atoms in total. The summed E-state index contributed by atoms with van der Waals surface area (Å²) < 4.78 is 26.8. The number of aliphatic hydroxyl groups excluding tert-OH is 1. The van der Waals surface area contributed by atoms with Crippen molar-refractivity contribution >= 4 is 0 Å². The second-order valence-corrected chi connectivity index (χ2v) is 5.91. The van der Waals surface area contributed by atoms with Gasteiger partial charge in [0.15, 0.2) is 0 Å². The summed E-state index contributed by atoms with van der Waals surface area (Å²) in [6.45, 7) is 2.25. The number of hydrogen-bond acceptors (Lipinski definition) is 2. The predicted octanol–water partition coefficient (Wildman–Crippen LogP) is 3.34. The van der Waals surface area contributed by atoms with Crippen molar-refractivity contribution in [3.8, 4) is 0 Å². The molecule has 1 fully saturated rings. The molecule has 0 amide bonds. The van der Waals surface area contributed by atoms with Crippen molar-refractivity contribution in [2.24, 2.45) is 11.1 Å². The van der Waals surface area contributed by atoms with E-state index in [0.29, 0.717) is 5.56 Å². The van der Waals surface area contributed by atoms with Gasteiger partial charge in [-0.05, 0) is 42.4 Å². The molecule has 3 N–H and O–H groups in total. The number of benzene rings is 1. The van der Waals surface area contributed by atoms with E-state index in [1.54, 1.807) is 0 Å². The van der Waals surface area contributed by atoms with Crippen molar-refractivity contribution < 1.29 is 13.9 Å². The Bertz CT molecular complexity index is 438. The summed E-state index contributed by atoms with van der Waals surface area (Å²) in [5.74, 6) is -1.66. The van der Waals surface area contributed by atoms with E-state index in [0.717, 1.165) is 38.2 Å². The first-order valence-corrected chi connectivity index (χ1v) is 7.36. The van der Waals surface area contributed by atoms with E-state index >= 15 is 0 Å². The van der Waals surface area contributed by atoms with Crippen LogP contribution < -0.4 is 5.73 Å². The lowest BCUT2D eigenvalue weighted by Gasteiger charge is -2.38. The van der Waals surface area contributed by atoms with Gasteiger partial charge in [0.2, 0.25) is 0 Å². The number of hydrogen-bond donors (Lipinski definition) is 2. The molecular formula is C16H23F2NO. The highest BCUT2D eigenvalue weighted by atomic mass is 19.1. The fourth-order valence-electron chi connectivity index (χ4n) is 3.60. The maximum absolute atomic E-state index is 13.4. The van der Waals surface area contributed by atoms with Crippen LogP contribution in [-0.2, 0) is 0 Å². The van der Waals surface area contributed by atoms with Gasteiger partial charge in [0, 0.05) is 18.5 Å². The zero-order chi connectivity index (χ0) is 14.8. The molecule has 112 valence electrons. The van der Waals surface area contributed by atoms with Gasteiger partial charge < -0.3 is 10.8 Å². The third kappa shape index (κ3) is 2.86. The molecule has 2 rings (SSSR count). The van der Waals surface area contributed by atoms with Gasteiger partial charge in [-0.15, -0.1) is 0 Å². The Balaban J connectivity index is 2.31. The molecule has 1 aliphatic rings. The van der Waals surface area contributed by atoms with Crippen LogP contribution in [0, 0.1) is 17.0 Å². The summed E-state index contributed by atoms with van der Waals surface area (Å²) >= 11 is 0. The van der Waals surface area contributed by atoms with Crippen molar-refractivity contribution in [1.29, 1.82) is 0 Å². The molecular weight excluding hydrogens is 260 g/mol. The summed E-state index contributed by atoms with van der Waals surface area (Å²) in [6.07, 6.45) is 4.32. The van der Waals surface area contributed by atoms with E-state index in [4.69, 9.17) is 5.73 Å². The number of aliphatic hydroxyl groups is 1. The third-order valence-corrected chi connectivity index (χ3v) is 4.88. The quantitative estimate of drug-likeness (QED) is 0.870. The van der Waals surface area contributed by atoms with Crippen molar-refractivity contribution in [1.82, 2.24) is 0 Å². The minimum absolute atomic E-state index is 0.160. The molecule has 1 saturated carbocycles. The molecule has 1 aliphatic carbocycles. The first kappa shape index (κ1) is 15.4. The summed E-state index contributed by atoms with van der Waals surface area (Å²) in [5.41, 5.74) is 6.08. The van der Waals surface area contributed by atoms with Gasteiger partial charge in [0.25, 0.3) is 0 Å². The molecule has 2 atom stereocenters. The zero-order valence-corrected chi connectivity index (χ0v) is 11.9. The van der Waals surface area contributed by atoms with E-state index in [1.807, 2.05) is 0 Å². The number of halogens is 2. The Morgan fingerprint density at radius 2 is 1.75 bits per heavy atom. The highest BCUT2D eigenvalue weighted by Crippen LogP contribution is 2.47. The van der Waals surface area contributed by atoms with Gasteiger partial charge in [0.05, 0.1) is 6.10 Å². The van der Waals surface area contributed by atoms with Crippen molar-refractivity contribution in [3.63, 3.8) is 0 Å². The van der Waals surface area contributed by atoms with Gasteiger partial charge in [-0.1, -0.05) is 19.8 Å². The topological polar surface area (TPSA) is 46.2 Å². The fraction of sp³-hybridized carbons (Fsp3) is 0.625. The van der Waals surface area contributed by atoms with Crippen LogP contribution >= 0.6 is 0 Å². The van der Waals surface area contributed by atoms with Crippen LogP contribution in [0.2, 0.25) is 0 Å². The smallest absolute Gasteiger partial charge is 0.126 e. The van der Waals surface area contributed by atoms with Gasteiger partial charge >= 0.3 is 0 Å². The Hall–Kier alpha value is -1.00. The zero-order valence-electron chi connectivity index (χ0n) is 11.9. The molecule has 0 aliphatic heterocycles. The normalized spacial score (nSPS) is 20.9. The molecule has 0 radical (unpaired) electrons. The van der Waals surface area contributed by atoms with Crippen LogP contribution in [0.1, 0.15) is 50.5 Å². The minimum Gasteiger partial charge on any atom is -0.392 e. The molecule has 2 unspecified atom stereocenters. The van der Waals surface area contributed by atoms with Crippen LogP contribution in [0.25, 0.3) is 0 Å². The van der Waals surface area contributed by atoms with Crippen LogP contribution in [0.15, 0.2) is 18.2 Å². The fourth-order valence-corrected chi connectivity index (χ4v) is 3.60. The van der Waals surface area contributed by atoms with Crippen molar-refractivity contribution in [3.05, 3.63) is 35.4 Å². The summed E-state index contributed by atoms with van der Waals surface area (Å²) in [5, 5.41) is 10.8. The van der Waals surface area contributed by atoms with E-state index in [-0.39, 0.29) is 12.0 Å². The minimum atomic E-state index is -0.652. The number of rotatable bonds is 5. The predicted molar refractivity (Wildman–Crippen MR) is 75.4 cm³/mol. The van der Waals surface area contributed by atoms with Crippen molar-refractivity contribution in [2.75, 3.05) is 6.54 Å². The van der Waals surface area contributed by atoms with Crippen LogP contribution in [0.3, 0.4) is 0 Å². The molecule has 0 spiro atoms. The maximum Gasteiger partial charge on any atom is 0.126 e. The largest absolute Gasteiger partial charge is 0.392 e. The molecule has 4 heteroatoms. The van der Waals surface area contributed by atoms with Gasteiger partial charge in [0.1, 0.15) is 11.6 Å². The average Bonchev–Trinajstić information content (AvgIpc) is 2.88. The molecule has 20 heavy (non-hydrogen) atoms. The van der Waals surface area contributed by atoms with Gasteiger partial charge in [-0.25, -0.2) is 8.78 Å². The lowest BCUT2D eigenvalue weighted by atomic mass is 9.71. The molecule has 1 aromatic rings. The highest BCUT2D eigenvalue weighted by molar-refractivity contribution is 5.24. The van der Waals surface area contributed by atoms with Crippen LogP contribution in [0.4, 0.5) is 8.78 Å². The Morgan fingerprint density at radius 1 is 1.20 bits per heavy atom. The average molecular weight is 283 g/mol. The van der Waals surface area contributed by atoms with E-state index < -0.39 is 23.7 Å². The maximum atomic E-state index is 13.4. The number of nitrogens with two attached hydrogens (primary N) is 1. The lowest BCUT2D eigenvalue weighted by molar-refractivity contribution is 0.00590. The standard InChI is InChI=1S/C16H23F2NO/c1-2-16(5-3-4-6-16)15(20)14(10-19)11-7-12(17)9-13(18)8-11/h7-9,14-15,20H,2-6,10,19H2,1H3. The van der Waals surface area contributed by atoms with Crippen LogP contribution in [0.5, 0.6) is 0 Å². The van der Waals surface area contributed by atoms with Crippen molar-refractivity contribution in [2.45, 2.75) is 51.0 Å². The van der Waals surface area contributed by atoms with Gasteiger partial charge in [-0.2, -0.15) is 0 Å². The molecule has 0 aromatic heterocycles. The third-order valence-electron chi connectivity index (χ3n) is 4.88. The van der Waals surface area contributed by atoms with E-state index in [2.05, 4.69) is 6.92 Å². The molecule has 0 saturated heterocycles.